The molecule has 0 aromatic heterocycles. The molecule has 4 nitrogen and oxygen atoms in total. The molecule has 1 amide bonds. The van der Waals surface area contributed by atoms with Crippen LogP contribution in [0.1, 0.15) is 45.4 Å². The molecule has 2 heterocycles. The number of hydrogen-bond donors (Lipinski definition) is 2. The first-order chi connectivity index (χ1) is 9.02. The monoisotopic (exact) mass is 267 g/mol. The van der Waals surface area contributed by atoms with Crippen LogP contribution < -0.4 is 10.6 Å². The Morgan fingerprint density at radius 2 is 1.95 bits per heavy atom. The molecule has 0 aromatic rings. The zero-order valence-corrected chi connectivity index (χ0v) is 12.6. The van der Waals surface area contributed by atoms with Crippen molar-refractivity contribution in [3.63, 3.8) is 0 Å². The molecule has 2 aliphatic heterocycles. The van der Waals surface area contributed by atoms with Crippen LogP contribution in [0.25, 0.3) is 0 Å². The Bertz CT molecular complexity index is 294. The van der Waals surface area contributed by atoms with Crippen LogP contribution in [0, 0.1) is 5.92 Å². The highest BCUT2D eigenvalue weighted by atomic mass is 16.1. The quantitative estimate of drug-likeness (QED) is 0.764. The van der Waals surface area contributed by atoms with Gasteiger partial charge < -0.3 is 15.5 Å². The van der Waals surface area contributed by atoms with E-state index in [1.807, 2.05) is 0 Å². The Labute approximate surface area is 117 Å². The lowest BCUT2D eigenvalue weighted by atomic mass is 9.89. The lowest BCUT2D eigenvalue weighted by molar-refractivity contribution is -0.122. The van der Waals surface area contributed by atoms with E-state index in [9.17, 15) is 4.79 Å². The topological polar surface area (TPSA) is 44.4 Å². The Kier molecular flexibility index (Phi) is 5.22. The van der Waals surface area contributed by atoms with Crippen molar-refractivity contribution in [3.8, 4) is 0 Å². The average molecular weight is 267 g/mol. The Morgan fingerprint density at radius 3 is 2.53 bits per heavy atom. The third kappa shape index (κ3) is 4.77. The third-order valence-corrected chi connectivity index (χ3v) is 4.46. The number of amides is 1. The van der Waals surface area contributed by atoms with Gasteiger partial charge in [0.15, 0.2) is 0 Å². The van der Waals surface area contributed by atoms with Crippen molar-refractivity contribution < 1.29 is 4.79 Å². The lowest BCUT2D eigenvalue weighted by Crippen LogP contribution is -2.41. The first-order valence-corrected chi connectivity index (χ1v) is 7.73. The van der Waals surface area contributed by atoms with Gasteiger partial charge in [0.1, 0.15) is 0 Å². The van der Waals surface area contributed by atoms with E-state index in [1.165, 1.54) is 25.7 Å². The third-order valence-electron chi connectivity index (χ3n) is 4.46. The summed E-state index contributed by atoms with van der Waals surface area (Å²) >= 11 is 0. The van der Waals surface area contributed by atoms with Crippen molar-refractivity contribution in [2.75, 3.05) is 20.6 Å². The maximum Gasteiger partial charge on any atom is 0.220 e. The molecule has 0 aromatic carbocycles. The second-order valence-electron chi connectivity index (χ2n) is 6.74. The standard InChI is InChI=1S/C15H29N3O/c1-11(6-7-18(2)3)16-15(19)10-12-8-13-4-5-14(9-12)17-13/h11-14,17H,4-10H2,1-3H3,(H,16,19). The summed E-state index contributed by atoms with van der Waals surface area (Å²) in [5.74, 6) is 0.845. The highest BCUT2D eigenvalue weighted by molar-refractivity contribution is 5.76. The van der Waals surface area contributed by atoms with Crippen molar-refractivity contribution >= 4 is 5.91 Å². The summed E-state index contributed by atoms with van der Waals surface area (Å²) in [6.07, 6.45) is 6.74. The van der Waals surface area contributed by atoms with Gasteiger partial charge in [-0.3, -0.25) is 4.79 Å². The van der Waals surface area contributed by atoms with Gasteiger partial charge in [-0.15, -0.1) is 0 Å². The number of fused-ring (bicyclic) bond motifs is 2. The smallest absolute Gasteiger partial charge is 0.220 e. The number of carbonyl (C=O) groups is 1. The van der Waals surface area contributed by atoms with Gasteiger partial charge in [-0.25, -0.2) is 0 Å². The van der Waals surface area contributed by atoms with Crippen molar-refractivity contribution in [3.05, 3.63) is 0 Å². The molecule has 4 heteroatoms. The largest absolute Gasteiger partial charge is 0.354 e. The number of nitrogens with zero attached hydrogens (tertiary/aromatic N) is 1. The summed E-state index contributed by atoms with van der Waals surface area (Å²) in [5.41, 5.74) is 0. The molecule has 0 saturated carbocycles. The number of carbonyl (C=O) groups excluding carboxylic acids is 1. The summed E-state index contributed by atoms with van der Waals surface area (Å²) in [7, 11) is 4.14. The lowest BCUT2D eigenvalue weighted by Gasteiger charge is -2.29. The molecule has 0 radical (unpaired) electrons. The second-order valence-corrected chi connectivity index (χ2v) is 6.74. The molecule has 2 fully saturated rings. The number of piperidine rings is 1. The van der Waals surface area contributed by atoms with E-state index in [0.717, 1.165) is 19.4 Å². The van der Waals surface area contributed by atoms with Crippen LogP contribution in [-0.2, 0) is 4.79 Å². The summed E-state index contributed by atoms with van der Waals surface area (Å²) in [6.45, 7) is 3.13. The Morgan fingerprint density at radius 1 is 1.32 bits per heavy atom. The first kappa shape index (κ1) is 14.8. The fraction of sp³-hybridized carbons (Fsp3) is 0.933. The molecule has 2 saturated heterocycles. The van der Waals surface area contributed by atoms with Crippen LogP contribution in [0.15, 0.2) is 0 Å². The molecule has 3 atom stereocenters. The molecule has 2 N–H and O–H groups in total. The van der Waals surface area contributed by atoms with Crippen LogP contribution >= 0.6 is 0 Å². The highest BCUT2D eigenvalue weighted by Crippen LogP contribution is 2.32. The van der Waals surface area contributed by atoms with Gasteiger partial charge in [0, 0.05) is 24.5 Å². The molecule has 19 heavy (non-hydrogen) atoms. The van der Waals surface area contributed by atoms with Crippen LogP contribution in [-0.4, -0.2) is 49.6 Å². The van der Waals surface area contributed by atoms with Crippen molar-refractivity contribution in [2.24, 2.45) is 5.92 Å². The zero-order chi connectivity index (χ0) is 13.8. The fourth-order valence-corrected chi connectivity index (χ4v) is 3.46. The molecule has 2 aliphatic rings. The SMILES string of the molecule is CC(CCN(C)C)NC(=O)CC1CC2CCC(C1)N2. The number of rotatable bonds is 6. The van der Waals surface area contributed by atoms with Crippen LogP contribution in [0.2, 0.25) is 0 Å². The van der Waals surface area contributed by atoms with E-state index < -0.39 is 0 Å². The van der Waals surface area contributed by atoms with Gasteiger partial charge in [0.05, 0.1) is 0 Å². The van der Waals surface area contributed by atoms with Gasteiger partial charge >= 0.3 is 0 Å². The summed E-state index contributed by atoms with van der Waals surface area (Å²) in [6, 6.07) is 1.65. The summed E-state index contributed by atoms with van der Waals surface area (Å²) in [5, 5.41) is 6.78. The van der Waals surface area contributed by atoms with Crippen LogP contribution in [0.5, 0.6) is 0 Å². The predicted octanol–water partition coefficient (Wildman–Crippen LogP) is 1.36. The molecule has 110 valence electrons. The van der Waals surface area contributed by atoms with Crippen LogP contribution in [0.4, 0.5) is 0 Å². The fourth-order valence-electron chi connectivity index (χ4n) is 3.46. The Hall–Kier alpha value is -0.610. The Balaban J connectivity index is 1.66. The summed E-state index contributed by atoms with van der Waals surface area (Å²) in [4.78, 5) is 14.2. The zero-order valence-electron chi connectivity index (χ0n) is 12.6. The average Bonchev–Trinajstić information content (AvgIpc) is 2.66. The van der Waals surface area contributed by atoms with E-state index in [4.69, 9.17) is 0 Å². The van der Waals surface area contributed by atoms with Crippen molar-refractivity contribution in [2.45, 2.75) is 63.6 Å². The van der Waals surface area contributed by atoms with E-state index in [1.54, 1.807) is 0 Å². The maximum atomic E-state index is 12.1. The van der Waals surface area contributed by atoms with Gasteiger partial charge in [-0.05, 0) is 65.6 Å². The van der Waals surface area contributed by atoms with E-state index in [0.29, 0.717) is 18.0 Å². The predicted molar refractivity (Wildman–Crippen MR) is 78.1 cm³/mol. The molecular formula is C15H29N3O. The van der Waals surface area contributed by atoms with Gasteiger partial charge in [-0.2, -0.15) is 0 Å². The minimum absolute atomic E-state index is 0.248. The normalized spacial score (nSPS) is 31.5. The van der Waals surface area contributed by atoms with Crippen molar-refractivity contribution in [1.29, 1.82) is 0 Å². The molecular weight excluding hydrogens is 238 g/mol. The molecule has 0 spiro atoms. The molecule has 3 unspecified atom stereocenters. The summed E-state index contributed by atoms with van der Waals surface area (Å²) < 4.78 is 0. The first-order valence-electron chi connectivity index (χ1n) is 7.73. The number of nitrogens with one attached hydrogen (secondary N) is 2. The van der Waals surface area contributed by atoms with Gasteiger partial charge in [0.2, 0.25) is 5.91 Å². The minimum Gasteiger partial charge on any atom is -0.354 e. The van der Waals surface area contributed by atoms with Crippen LogP contribution in [0.3, 0.4) is 0 Å². The molecule has 2 bridgehead atoms. The van der Waals surface area contributed by atoms with E-state index in [-0.39, 0.29) is 11.9 Å². The minimum atomic E-state index is 0.248. The highest BCUT2D eigenvalue weighted by Gasteiger charge is 2.34. The van der Waals surface area contributed by atoms with E-state index >= 15 is 0 Å². The van der Waals surface area contributed by atoms with Gasteiger partial charge in [-0.1, -0.05) is 0 Å². The maximum absolute atomic E-state index is 12.1. The van der Waals surface area contributed by atoms with E-state index in [2.05, 4.69) is 36.6 Å². The second kappa shape index (κ2) is 6.71. The van der Waals surface area contributed by atoms with Crippen molar-refractivity contribution in [1.82, 2.24) is 15.5 Å². The molecule has 2 rings (SSSR count). The molecule has 0 aliphatic carbocycles. The number of hydrogen-bond acceptors (Lipinski definition) is 3. The van der Waals surface area contributed by atoms with Gasteiger partial charge in [0.25, 0.3) is 0 Å².